The van der Waals surface area contributed by atoms with Crippen LogP contribution in [0.15, 0.2) is 12.1 Å². The third-order valence-electron chi connectivity index (χ3n) is 3.84. The number of rotatable bonds is 5. The third kappa shape index (κ3) is 2.90. The van der Waals surface area contributed by atoms with E-state index < -0.39 is 0 Å². The highest BCUT2D eigenvalue weighted by Gasteiger charge is 2.29. The molecule has 1 aliphatic heterocycles. The minimum atomic E-state index is -0.0660. The maximum absolute atomic E-state index is 12.7. The molecule has 1 atom stereocenters. The number of benzene rings is 1. The number of hydrogen-bond acceptors (Lipinski definition) is 5. The van der Waals surface area contributed by atoms with Gasteiger partial charge in [0.1, 0.15) is 0 Å². The number of likely N-dealkylation sites (tertiary alicyclic amines) is 1. The maximum Gasteiger partial charge on any atom is 0.257 e. The molecule has 1 aromatic rings. The molecule has 2 rings (SSSR count). The van der Waals surface area contributed by atoms with E-state index in [0.717, 1.165) is 13.0 Å². The molecule has 1 heterocycles. The Labute approximate surface area is 124 Å². The van der Waals surface area contributed by atoms with Crippen LogP contribution in [0.2, 0.25) is 0 Å². The normalized spacial score (nSPS) is 17.7. The topological polar surface area (TPSA) is 74.0 Å². The van der Waals surface area contributed by atoms with Crippen LogP contribution in [0.4, 0.5) is 0 Å². The van der Waals surface area contributed by atoms with Crippen LogP contribution in [-0.2, 0) is 0 Å². The smallest absolute Gasteiger partial charge is 0.257 e. The first-order chi connectivity index (χ1) is 10.2. The predicted molar refractivity (Wildman–Crippen MR) is 79.2 cm³/mol. The van der Waals surface area contributed by atoms with Crippen LogP contribution in [0, 0.1) is 5.92 Å². The van der Waals surface area contributed by atoms with E-state index in [4.69, 9.17) is 19.9 Å². The van der Waals surface area contributed by atoms with E-state index in [9.17, 15) is 4.79 Å². The average molecular weight is 294 g/mol. The number of carbonyl (C=O) groups excluding carboxylic acids is 1. The fourth-order valence-electron chi connectivity index (χ4n) is 2.65. The zero-order valence-corrected chi connectivity index (χ0v) is 12.7. The van der Waals surface area contributed by atoms with Gasteiger partial charge < -0.3 is 24.8 Å². The van der Waals surface area contributed by atoms with Crippen molar-refractivity contribution in [2.24, 2.45) is 11.7 Å². The first-order valence-electron chi connectivity index (χ1n) is 6.94. The summed E-state index contributed by atoms with van der Waals surface area (Å²) in [6, 6.07) is 3.42. The first-order valence-corrected chi connectivity index (χ1v) is 6.94. The van der Waals surface area contributed by atoms with E-state index in [1.165, 1.54) is 14.2 Å². The Morgan fingerprint density at radius 2 is 1.95 bits per heavy atom. The lowest BCUT2D eigenvalue weighted by Crippen LogP contribution is -2.30. The Balaban J connectivity index is 2.33. The molecule has 1 amide bonds. The molecule has 6 nitrogen and oxygen atoms in total. The number of amides is 1. The molecule has 21 heavy (non-hydrogen) atoms. The number of hydrogen-bond donors (Lipinski definition) is 1. The molecule has 1 unspecified atom stereocenters. The molecule has 0 aliphatic carbocycles. The quantitative estimate of drug-likeness (QED) is 0.881. The zero-order chi connectivity index (χ0) is 15.4. The number of nitrogens with two attached hydrogens (primary N) is 1. The number of ether oxygens (including phenoxy) is 3. The molecule has 0 spiro atoms. The Hall–Kier alpha value is -1.95. The van der Waals surface area contributed by atoms with Crippen molar-refractivity contribution in [2.75, 3.05) is 41.0 Å². The second kappa shape index (κ2) is 6.67. The van der Waals surface area contributed by atoms with Gasteiger partial charge in [-0.3, -0.25) is 4.79 Å². The van der Waals surface area contributed by atoms with Gasteiger partial charge in [0.25, 0.3) is 5.91 Å². The molecular formula is C15H22N2O4. The second-order valence-corrected chi connectivity index (χ2v) is 5.02. The van der Waals surface area contributed by atoms with Crippen molar-refractivity contribution in [3.05, 3.63) is 17.7 Å². The van der Waals surface area contributed by atoms with Gasteiger partial charge in [-0.15, -0.1) is 0 Å². The fraction of sp³-hybridized carbons (Fsp3) is 0.533. The van der Waals surface area contributed by atoms with Gasteiger partial charge in [0.2, 0.25) is 5.75 Å². The summed E-state index contributed by atoms with van der Waals surface area (Å²) >= 11 is 0. The van der Waals surface area contributed by atoms with E-state index in [0.29, 0.717) is 41.8 Å². The molecule has 2 N–H and O–H groups in total. The first kappa shape index (κ1) is 15.4. The molecule has 1 saturated heterocycles. The van der Waals surface area contributed by atoms with Gasteiger partial charge in [-0.1, -0.05) is 0 Å². The van der Waals surface area contributed by atoms with Gasteiger partial charge in [0, 0.05) is 13.1 Å². The van der Waals surface area contributed by atoms with Crippen LogP contribution in [0.1, 0.15) is 16.8 Å². The summed E-state index contributed by atoms with van der Waals surface area (Å²) in [6.07, 6.45) is 0.942. The van der Waals surface area contributed by atoms with Crippen LogP contribution in [0.25, 0.3) is 0 Å². The molecule has 1 fully saturated rings. The summed E-state index contributed by atoms with van der Waals surface area (Å²) in [7, 11) is 4.58. The fourth-order valence-corrected chi connectivity index (χ4v) is 2.65. The van der Waals surface area contributed by atoms with E-state index >= 15 is 0 Å². The van der Waals surface area contributed by atoms with Crippen LogP contribution < -0.4 is 19.9 Å². The van der Waals surface area contributed by atoms with Crippen LogP contribution >= 0.6 is 0 Å². The van der Waals surface area contributed by atoms with Crippen molar-refractivity contribution in [1.82, 2.24) is 4.90 Å². The molecule has 116 valence electrons. The van der Waals surface area contributed by atoms with Crippen molar-refractivity contribution in [2.45, 2.75) is 6.42 Å². The van der Waals surface area contributed by atoms with Crippen LogP contribution in [0.3, 0.4) is 0 Å². The van der Waals surface area contributed by atoms with Crippen molar-refractivity contribution in [3.63, 3.8) is 0 Å². The van der Waals surface area contributed by atoms with Crippen molar-refractivity contribution in [1.29, 1.82) is 0 Å². The van der Waals surface area contributed by atoms with E-state index in [1.807, 2.05) is 0 Å². The highest BCUT2D eigenvalue weighted by atomic mass is 16.5. The van der Waals surface area contributed by atoms with Gasteiger partial charge in [0.05, 0.1) is 26.9 Å². The average Bonchev–Trinajstić information content (AvgIpc) is 3.01. The monoisotopic (exact) mass is 294 g/mol. The molecule has 0 bridgehead atoms. The maximum atomic E-state index is 12.7. The predicted octanol–water partition coefficient (Wildman–Crippen LogP) is 1.13. The Morgan fingerprint density at radius 3 is 2.48 bits per heavy atom. The lowest BCUT2D eigenvalue weighted by Gasteiger charge is -2.20. The Bertz CT molecular complexity index is 519. The molecule has 0 saturated carbocycles. The highest BCUT2D eigenvalue weighted by molar-refractivity contribution is 5.98. The summed E-state index contributed by atoms with van der Waals surface area (Å²) in [5.41, 5.74) is 6.15. The van der Waals surface area contributed by atoms with Gasteiger partial charge in [-0.2, -0.15) is 0 Å². The van der Waals surface area contributed by atoms with Crippen molar-refractivity contribution >= 4 is 5.91 Å². The van der Waals surface area contributed by atoms with Gasteiger partial charge >= 0.3 is 0 Å². The summed E-state index contributed by atoms with van der Waals surface area (Å²) in [6.45, 7) is 2.01. The largest absolute Gasteiger partial charge is 0.493 e. The number of carbonyl (C=O) groups is 1. The van der Waals surface area contributed by atoms with Crippen LogP contribution in [0.5, 0.6) is 17.2 Å². The van der Waals surface area contributed by atoms with Gasteiger partial charge in [0.15, 0.2) is 11.5 Å². The van der Waals surface area contributed by atoms with Crippen LogP contribution in [-0.4, -0.2) is 51.8 Å². The summed E-state index contributed by atoms with van der Waals surface area (Å²) < 4.78 is 15.9. The standard InChI is InChI=1S/C15H22N2O4/c1-19-12-5-4-11(13(20-2)14(12)21-3)15(18)17-7-6-10(8-16)9-17/h4-5,10H,6-9,16H2,1-3H3. The molecular weight excluding hydrogens is 272 g/mol. The van der Waals surface area contributed by atoms with Gasteiger partial charge in [-0.25, -0.2) is 0 Å². The van der Waals surface area contributed by atoms with E-state index in [1.54, 1.807) is 24.1 Å². The van der Waals surface area contributed by atoms with E-state index in [-0.39, 0.29) is 5.91 Å². The molecule has 1 aromatic carbocycles. The lowest BCUT2D eigenvalue weighted by molar-refractivity contribution is 0.0783. The van der Waals surface area contributed by atoms with Crippen molar-refractivity contribution in [3.8, 4) is 17.2 Å². The molecule has 1 aliphatic rings. The molecule has 0 aromatic heterocycles. The lowest BCUT2D eigenvalue weighted by atomic mass is 10.1. The minimum absolute atomic E-state index is 0.0660. The van der Waals surface area contributed by atoms with Crippen molar-refractivity contribution < 1.29 is 19.0 Å². The Morgan fingerprint density at radius 1 is 1.24 bits per heavy atom. The number of methoxy groups -OCH3 is 3. The third-order valence-corrected chi connectivity index (χ3v) is 3.84. The summed E-state index contributed by atoms with van der Waals surface area (Å²) in [5, 5.41) is 0. The SMILES string of the molecule is COc1ccc(C(=O)N2CCC(CN)C2)c(OC)c1OC. The van der Waals surface area contributed by atoms with E-state index in [2.05, 4.69) is 0 Å². The second-order valence-electron chi connectivity index (χ2n) is 5.02. The number of nitrogens with zero attached hydrogens (tertiary/aromatic N) is 1. The minimum Gasteiger partial charge on any atom is -0.493 e. The summed E-state index contributed by atoms with van der Waals surface area (Å²) in [4.78, 5) is 14.5. The van der Waals surface area contributed by atoms with Gasteiger partial charge in [-0.05, 0) is 31.0 Å². The molecule has 6 heteroatoms. The zero-order valence-electron chi connectivity index (χ0n) is 12.7. The molecule has 0 radical (unpaired) electrons. The Kier molecular flexibility index (Phi) is 4.90. The highest BCUT2D eigenvalue weighted by Crippen LogP contribution is 2.40. The summed E-state index contributed by atoms with van der Waals surface area (Å²) in [5.74, 6) is 1.68.